The van der Waals surface area contributed by atoms with Crippen LogP contribution in [0.1, 0.15) is 18.0 Å². The number of carbonyl (C=O) groups is 1. The number of ether oxygens (including phenoxy) is 1. The topological polar surface area (TPSA) is 52.3 Å². The van der Waals surface area contributed by atoms with Gasteiger partial charge in [-0.15, -0.1) is 0 Å². The van der Waals surface area contributed by atoms with Gasteiger partial charge in [-0.3, -0.25) is 4.79 Å². The van der Waals surface area contributed by atoms with Crippen molar-refractivity contribution in [3.8, 4) is 0 Å². The van der Waals surface area contributed by atoms with E-state index in [1.165, 1.54) is 7.11 Å². The van der Waals surface area contributed by atoms with Crippen molar-refractivity contribution in [2.24, 2.45) is 5.73 Å². The van der Waals surface area contributed by atoms with E-state index in [2.05, 4.69) is 20.7 Å². The van der Waals surface area contributed by atoms with Gasteiger partial charge in [0, 0.05) is 10.5 Å². The van der Waals surface area contributed by atoms with Crippen molar-refractivity contribution in [1.82, 2.24) is 0 Å². The standard InChI is InChI=1S/C10H11BrClNO2/c1-15-10(14)5-9(13)6-2-3-8(12)7(11)4-6/h2-4,9H,5,13H2,1H3. The van der Waals surface area contributed by atoms with E-state index in [9.17, 15) is 4.79 Å². The van der Waals surface area contributed by atoms with Gasteiger partial charge < -0.3 is 10.5 Å². The van der Waals surface area contributed by atoms with Crippen molar-refractivity contribution >= 4 is 33.5 Å². The molecule has 0 aromatic heterocycles. The molecule has 1 rings (SSSR count). The highest BCUT2D eigenvalue weighted by molar-refractivity contribution is 9.10. The number of halogens is 2. The van der Waals surface area contributed by atoms with Crippen LogP contribution in [0.25, 0.3) is 0 Å². The third-order valence-electron chi connectivity index (χ3n) is 1.99. The molecular weight excluding hydrogens is 281 g/mol. The molecule has 0 spiro atoms. The first kappa shape index (κ1) is 12.5. The van der Waals surface area contributed by atoms with Gasteiger partial charge in [0.1, 0.15) is 0 Å². The molecule has 0 saturated carbocycles. The van der Waals surface area contributed by atoms with Crippen LogP contribution < -0.4 is 5.73 Å². The Bertz CT molecular complexity index is 370. The lowest BCUT2D eigenvalue weighted by Crippen LogP contribution is -2.16. The lowest BCUT2D eigenvalue weighted by molar-refractivity contribution is -0.141. The van der Waals surface area contributed by atoms with Gasteiger partial charge in [0.05, 0.1) is 18.6 Å². The van der Waals surface area contributed by atoms with Crippen molar-refractivity contribution in [3.05, 3.63) is 33.3 Å². The minimum atomic E-state index is -0.369. The van der Waals surface area contributed by atoms with Crippen molar-refractivity contribution < 1.29 is 9.53 Å². The molecule has 0 amide bonds. The monoisotopic (exact) mass is 291 g/mol. The van der Waals surface area contributed by atoms with E-state index >= 15 is 0 Å². The molecule has 0 aliphatic heterocycles. The molecular formula is C10H11BrClNO2. The van der Waals surface area contributed by atoms with Gasteiger partial charge >= 0.3 is 5.97 Å². The third kappa shape index (κ3) is 3.48. The zero-order chi connectivity index (χ0) is 11.4. The minimum Gasteiger partial charge on any atom is -0.469 e. The Kier molecular flexibility index (Phi) is 4.57. The van der Waals surface area contributed by atoms with Crippen LogP contribution in [-0.4, -0.2) is 13.1 Å². The normalized spacial score (nSPS) is 12.3. The Balaban J connectivity index is 2.78. The Hall–Kier alpha value is -0.580. The molecule has 1 aromatic carbocycles. The molecule has 0 heterocycles. The quantitative estimate of drug-likeness (QED) is 0.871. The number of hydrogen-bond acceptors (Lipinski definition) is 3. The van der Waals surface area contributed by atoms with Crippen LogP contribution in [0.2, 0.25) is 5.02 Å². The zero-order valence-electron chi connectivity index (χ0n) is 8.17. The second-order valence-corrected chi connectivity index (χ2v) is 4.32. The van der Waals surface area contributed by atoms with Crippen LogP contribution in [0, 0.1) is 0 Å². The summed E-state index contributed by atoms with van der Waals surface area (Å²) in [5, 5.41) is 0.615. The van der Waals surface area contributed by atoms with Crippen LogP contribution in [0.15, 0.2) is 22.7 Å². The summed E-state index contributed by atoms with van der Waals surface area (Å²) in [6.07, 6.45) is 0.157. The van der Waals surface area contributed by atoms with E-state index < -0.39 is 0 Å². The molecule has 82 valence electrons. The first-order valence-corrected chi connectivity index (χ1v) is 5.49. The summed E-state index contributed by atoms with van der Waals surface area (Å²) in [4.78, 5) is 11.0. The van der Waals surface area contributed by atoms with E-state index in [0.717, 1.165) is 10.0 Å². The van der Waals surface area contributed by atoms with Gasteiger partial charge in [-0.05, 0) is 33.6 Å². The van der Waals surface area contributed by atoms with Crippen molar-refractivity contribution in [2.75, 3.05) is 7.11 Å². The molecule has 1 atom stereocenters. The van der Waals surface area contributed by atoms with Crippen LogP contribution in [0.5, 0.6) is 0 Å². The molecule has 1 aromatic rings. The maximum atomic E-state index is 11.0. The van der Waals surface area contributed by atoms with Crippen molar-refractivity contribution in [3.63, 3.8) is 0 Å². The maximum Gasteiger partial charge on any atom is 0.307 e. The number of methoxy groups -OCH3 is 1. The highest BCUT2D eigenvalue weighted by atomic mass is 79.9. The minimum absolute atomic E-state index is 0.157. The van der Waals surface area contributed by atoms with Gasteiger partial charge in [0.15, 0.2) is 0 Å². The van der Waals surface area contributed by atoms with Gasteiger partial charge in [-0.25, -0.2) is 0 Å². The molecule has 3 nitrogen and oxygen atoms in total. The number of esters is 1. The number of benzene rings is 1. The van der Waals surface area contributed by atoms with Crippen LogP contribution in [0.3, 0.4) is 0 Å². The second kappa shape index (κ2) is 5.49. The average Bonchev–Trinajstić information content (AvgIpc) is 2.21. The fourth-order valence-corrected chi connectivity index (χ4v) is 1.64. The van der Waals surface area contributed by atoms with E-state index in [1.807, 2.05) is 0 Å². The third-order valence-corrected chi connectivity index (χ3v) is 3.20. The van der Waals surface area contributed by atoms with Gasteiger partial charge in [0.2, 0.25) is 0 Å². The summed E-state index contributed by atoms with van der Waals surface area (Å²) in [6, 6.07) is 4.96. The summed E-state index contributed by atoms with van der Waals surface area (Å²) in [5.41, 5.74) is 6.67. The Morgan fingerprint density at radius 2 is 2.33 bits per heavy atom. The highest BCUT2D eigenvalue weighted by Gasteiger charge is 2.12. The largest absolute Gasteiger partial charge is 0.469 e. The van der Waals surface area contributed by atoms with Gasteiger partial charge in [0.25, 0.3) is 0 Å². The Morgan fingerprint density at radius 1 is 1.67 bits per heavy atom. The smallest absolute Gasteiger partial charge is 0.307 e. The summed E-state index contributed by atoms with van der Waals surface area (Å²) >= 11 is 9.13. The molecule has 1 unspecified atom stereocenters. The van der Waals surface area contributed by atoms with E-state index in [1.54, 1.807) is 18.2 Å². The fraction of sp³-hybridized carbons (Fsp3) is 0.300. The molecule has 2 N–H and O–H groups in total. The molecule has 15 heavy (non-hydrogen) atoms. The van der Waals surface area contributed by atoms with Gasteiger partial charge in [-0.1, -0.05) is 17.7 Å². The van der Waals surface area contributed by atoms with Crippen molar-refractivity contribution in [1.29, 1.82) is 0 Å². The molecule has 0 aliphatic rings. The predicted molar refractivity (Wildman–Crippen MR) is 62.7 cm³/mol. The SMILES string of the molecule is COC(=O)CC(N)c1ccc(Cl)c(Br)c1. The van der Waals surface area contributed by atoms with Crippen LogP contribution in [0.4, 0.5) is 0 Å². The number of rotatable bonds is 3. The molecule has 5 heteroatoms. The second-order valence-electron chi connectivity index (χ2n) is 3.06. The summed E-state index contributed by atoms with van der Waals surface area (Å²) < 4.78 is 5.31. The van der Waals surface area contributed by atoms with Gasteiger partial charge in [-0.2, -0.15) is 0 Å². The van der Waals surface area contributed by atoms with E-state index in [-0.39, 0.29) is 18.4 Å². The van der Waals surface area contributed by atoms with E-state index in [0.29, 0.717) is 5.02 Å². The Labute approximate surface area is 102 Å². The molecule has 0 aliphatic carbocycles. The van der Waals surface area contributed by atoms with Crippen molar-refractivity contribution in [2.45, 2.75) is 12.5 Å². The Morgan fingerprint density at radius 3 is 2.87 bits per heavy atom. The van der Waals surface area contributed by atoms with Crippen LogP contribution in [-0.2, 0) is 9.53 Å². The summed E-state index contributed by atoms with van der Waals surface area (Å²) in [7, 11) is 1.34. The summed E-state index contributed by atoms with van der Waals surface area (Å²) in [6.45, 7) is 0. The first-order valence-electron chi connectivity index (χ1n) is 4.32. The fourth-order valence-electron chi connectivity index (χ4n) is 1.12. The predicted octanol–water partition coefficient (Wildman–Crippen LogP) is 2.67. The molecule has 0 fully saturated rings. The van der Waals surface area contributed by atoms with E-state index in [4.69, 9.17) is 17.3 Å². The lowest BCUT2D eigenvalue weighted by atomic mass is 10.1. The molecule has 0 bridgehead atoms. The molecule has 0 radical (unpaired) electrons. The first-order chi connectivity index (χ1) is 7.04. The average molecular weight is 293 g/mol. The number of nitrogens with two attached hydrogens (primary N) is 1. The number of carbonyl (C=O) groups excluding carboxylic acids is 1. The highest BCUT2D eigenvalue weighted by Crippen LogP contribution is 2.26. The molecule has 0 saturated heterocycles. The zero-order valence-corrected chi connectivity index (χ0v) is 10.5. The maximum absolute atomic E-state index is 11.0. The lowest BCUT2D eigenvalue weighted by Gasteiger charge is -2.11. The summed E-state index contributed by atoms with van der Waals surface area (Å²) in [5.74, 6) is -0.325. The number of hydrogen-bond donors (Lipinski definition) is 1. The van der Waals surface area contributed by atoms with Crippen LogP contribution >= 0.6 is 27.5 Å².